The van der Waals surface area contributed by atoms with Crippen molar-refractivity contribution in [2.45, 2.75) is 112 Å². The molecule has 0 aliphatic heterocycles. The molecule has 4 saturated carbocycles. The highest BCUT2D eigenvalue weighted by molar-refractivity contribution is 5.95. The van der Waals surface area contributed by atoms with Gasteiger partial charge in [-0.25, -0.2) is 0 Å². The van der Waals surface area contributed by atoms with E-state index in [-0.39, 0.29) is 50.9 Å². The van der Waals surface area contributed by atoms with Crippen molar-refractivity contribution in [3.05, 3.63) is 42.0 Å². The van der Waals surface area contributed by atoms with E-state index in [1.54, 1.807) is 7.05 Å². The van der Waals surface area contributed by atoms with Crippen LogP contribution in [0.4, 0.5) is 0 Å². The number of amides is 1. The summed E-state index contributed by atoms with van der Waals surface area (Å²) >= 11 is 0. The Kier molecular flexibility index (Phi) is 6.71. The van der Waals surface area contributed by atoms with Gasteiger partial charge < -0.3 is 9.94 Å². The largest absolute Gasteiger partial charge is 0.393 e. The van der Waals surface area contributed by atoms with Gasteiger partial charge in [0.05, 0.1) is 11.5 Å². The quantitative estimate of drug-likeness (QED) is 0.374. The smallest absolute Gasteiger partial charge is 0.260 e. The number of hydrogen-bond acceptors (Lipinski definition) is 4. The van der Waals surface area contributed by atoms with E-state index in [1.807, 2.05) is 30.3 Å². The van der Waals surface area contributed by atoms with Gasteiger partial charge in [-0.3, -0.25) is 9.59 Å². The standard InChI is InChI=1S/C37H53NO4/c1-32(2)28-14-17-37(7)30(35(28,5)16-15-29(32)40)27(39)22-25-26-23-34(4,19-18-33(26,3)20-21-36(25,37)6)31(41)38(8)42-24-12-10-9-11-13-24/h9-13,22,26,28-30,40H,14-21,23H2,1-8H3/t26-,28?,29-,30+,33+,34-,35-,36+,37+/m0/s1. The maximum Gasteiger partial charge on any atom is 0.260 e. The number of benzene rings is 1. The van der Waals surface area contributed by atoms with E-state index in [1.165, 1.54) is 10.6 Å². The molecule has 230 valence electrons. The van der Waals surface area contributed by atoms with Crippen LogP contribution in [-0.4, -0.2) is 35.0 Å². The predicted octanol–water partition coefficient (Wildman–Crippen LogP) is 7.78. The van der Waals surface area contributed by atoms with Gasteiger partial charge in [-0.15, -0.1) is 0 Å². The highest BCUT2D eigenvalue weighted by Crippen LogP contribution is 2.75. The number of rotatable bonds is 3. The Hall–Kier alpha value is -2.14. The molecule has 6 rings (SSSR count). The van der Waals surface area contributed by atoms with Gasteiger partial charge in [0, 0.05) is 13.0 Å². The lowest BCUT2D eigenvalue weighted by Crippen LogP contribution is -2.66. The summed E-state index contributed by atoms with van der Waals surface area (Å²) in [5.41, 5.74) is 0.327. The molecule has 1 amide bonds. The van der Waals surface area contributed by atoms with Crippen LogP contribution in [-0.2, 0) is 9.59 Å². The Balaban J connectivity index is 1.35. The number of para-hydroxylation sites is 1. The van der Waals surface area contributed by atoms with Crippen LogP contribution in [0.5, 0.6) is 5.75 Å². The topological polar surface area (TPSA) is 66.8 Å². The van der Waals surface area contributed by atoms with Crippen molar-refractivity contribution in [1.29, 1.82) is 0 Å². The summed E-state index contributed by atoms with van der Waals surface area (Å²) in [6, 6.07) is 9.50. The van der Waals surface area contributed by atoms with Crippen LogP contribution >= 0.6 is 0 Å². The van der Waals surface area contributed by atoms with Gasteiger partial charge in [0.2, 0.25) is 0 Å². The monoisotopic (exact) mass is 575 g/mol. The number of aliphatic hydroxyl groups is 1. The molecule has 5 aliphatic rings. The number of allylic oxidation sites excluding steroid dienone is 2. The van der Waals surface area contributed by atoms with E-state index in [4.69, 9.17) is 4.84 Å². The lowest BCUT2D eigenvalue weighted by Gasteiger charge is -2.70. The number of nitrogens with zero attached hydrogens (tertiary/aromatic N) is 1. The minimum absolute atomic E-state index is 0.0171. The van der Waals surface area contributed by atoms with Crippen molar-refractivity contribution >= 4 is 11.7 Å². The molecule has 0 spiro atoms. The molecular weight excluding hydrogens is 522 g/mol. The Labute approximate surface area is 253 Å². The second kappa shape index (κ2) is 9.43. The van der Waals surface area contributed by atoms with Crippen LogP contribution < -0.4 is 4.84 Å². The second-order valence-electron chi connectivity index (χ2n) is 16.8. The van der Waals surface area contributed by atoms with Gasteiger partial charge in [0.25, 0.3) is 5.91 Å². The third-order valence-corrected chi connectivity index (χ3v) is 14.3. The molecule has 0 saturated heterocycles. The predicted molar refractivity (Wildman–Crippen MR) is 165 cm³/mol. The lowest BCUT2D eigenvalue weighted by molar-refractivity contribution is -0.202. The highest BCUT2D eigenvalue weighted by atomic mass is 16.7. The molecule has 1 unspecified atom stereocenters. The van der Waals surface area contributed by atoms with E-state index in [2.05, 4.69) is 54.5 Å². The first-order chi connectivity index (χ1) is 19.5. The second-order valence-corrected chi connectivity index (χ2v) is 16.8. The third kappa shape index (κ3) is 3.97. The normalized spacial score (nSPS) is 45.8. The first kappa shape index (κ1) is 29.9. The molecule has 0 radical (unpaired) electrons. The fraction of sp³-hybridized carbons (Fsp3) is 0.730. The molecule has 9 atom stereocenters. The number of ketones is 1. The molecule has 5 heteroatoms. The van der Waals surface area contributed by atoms with Gasteiger partial charge >= 0.3 is 0 Å². The number of aliphatic hydroxyl groups excluding tert-OH is 1. The van der Waals surface area contributed by atoms with Crippen LogP contribution in [0, 0.1) is 50.2 Å². The summed E-state index contributed by atoms with van der Waals surface area (Å²) in [6.07, 6.45) is 10.3. The molecule has 1 aromatic carbocycles. The van der Waals surface area contributed by atoms with Crippen molar-refractivity contribution < 1.29 is 19.5 Å². The zero-order valence-corrected chi connectivity index (χ0v) is 27.3. The summed E-state index contributed by atoms with van der Waals surface area (Å²) in [6.45, 7) is 16.2. The first-order valence-electron chi connectivity index (χ1n) is 16.5. The molecule has 5 nitrogen and oxygen atoms in total. The van der Waals surface area contributed by atoms with E-state index in [0.29, 0.717) is 17.5 Å². The number of carbonyl (C=O) groups excluding carboxylic acids is 2. The van der Waals surface area contributed by atoms with Gasteiger partial charge in [-0.1, -0.05) is 72.2 Å². The van der Waals surface area contributed by atoms with Crippen molar-refractivity contribution in [2.75, 3.05) is 7.05 Å². The van der Waals surface area contributed by atoms with Crippen LogP contribution in [0.25, 0.3) is 0 Å². The van der Waals surface area contributed by atoms with Crippen LogP contribution in [0.15, 0.2) is 42.0 Å². The van der Waals surface area contributed by atoms with E-state index < -0.39 is 5.41 Å². The SMILES string of the molecule is CN(Oc1ccccc1)C(=O)[C@@]1(C)CC[C@]2(C)CC[C@]3(C)C(=CC(=O)[C@@H]4[C@@]5(C)CC[C@H](O)C(C)(C)C5CC[C@]43C)[C@@H]2C1. The van der Waals surface area contributed by atoms with Gasteiger partial charge in [-0.2, -0.15) is 5.06 Å². The molecule has 0 heterocycles. The Morgan fingerprint density at radius 2 is 1.57 bits per heavy atom. The highest BCUT2D eigenvalue weighted by Gasteiger charge is 2.70. The van der Waals surface area contributed by atoms with E-state index in [0.717, 1.165) is 57.8 Å². The fourth-order valence-corrected chi connectivity index (χ4v) is 11.4. The number of fused-ring (bicyclic) bond motifs is 7. The van der Waals surface area contributed by atoms with Crippen molar-refractivity contribution in [3.8, 4) is 5.75 Å². The minimum Gasteiger partial charge on any atom is -0.393 e. The maximum absolute atomic E-state index is 14.5. The van der Waals surface area contributed by atoms with Crippen molar-refractivity contribution in [3.63, 3.8) is 0 Å². The summed E-state index contributed by atoms with van der Waals surface area (Å²) in [4.78, 5) is 34.5. The van der Waals surface area contributed by atoms with Gasteiger partial charge in [0.1, 0.15) is 0 Å². The average molecular weight is 576 g/mol. The number of hydrogen-bond donors (Lipinski definition) is 1. The first-order valence-corrected chi connectivity index (χ1v) is 16.5. The zero-order chi connectivity index (χ0) is 30.5. The summed E-state index contributed by atoms with van der Waals surface area (Å²) in [5.74, 6) is 1.47. The van der Waals surface area contributed by atoms with E-state index >= 15 is 0 Å². The number of hydroxylamine groups is 2. The molecule has 4 fully saturated rings. The van der Waals surface area contributed by atoms with E-state index in [9.17, 15) is 14.7 Å². The maximum atomic E-state index is 14.5. The molecule has 1 N–H and O–H groups in total. The van der Waals surface area contributed by atoms with Gasteiger partial charge in [0.15, 0.2) is 11.5 Å². The molecule has 0 aromatic heterocycles. The lowest BCUT2D eigenvalue weighted by atomic mass is 9.33. The summed E-state index contributed by atoms with van der Waals surface area (Å²) in [7, 11) is 1.73. The molecule has 42 heavy (non-hydrogen) atoms. The van der Waals surface area contributed by atoms with Crippen LogP contribution in [0.3, 0.4) is 0 Å². The van der Waals surface area contributed by atoms with Crippen LogP contribution in [0.1, 0.15) is 106 Å². The zero-order valence-electron chi connectivity index (χ0n) is 27.3. The number of carbonyl (C=O) groups is 2. The molecular formula is C37H53NO4. The Morgan fingerprint density at radius 1 is 0.905 bits per heavy atom. The van der Waals surface area contributed by atoms with Crippen molar-refractivity contribution in [1.82, 2.24) is 5.06 Å². The summed E-state index contributed by atoms with van der Waals surface area (Å²) < 4.78 is 0. The Bertz CT molecular complexity index is 1300. The molecule has 1 aromatic rings. The fourth-order valence-electron chi connectivity index (χ4n) is 11.4. The summed E-state index contributed by atoms with van der Waals surface area (Å²) in [5, 5.41) is 12.4. The Morgan fingerprint density at radius 3 is 2.26 bits per heavy atom. The molecule has 5 aliphatic carbocycles. The third-order valence-electron chi connectivity index (χ3n) is 14.3. The molecule has 0 bridgehead atoms. The van der Waals surface area contributed by atoms with Crippen molar-refractivity contribution in [2.24, 2.45) is 50.2 Å². The minimum atomic E-state index is -0.555. The van der Waals surface area contributed by atoms with Crippen LogP contribution in [0.2, 0.25) is 0 Å². The van der Waals surface area contributed by atoms with Gasteiger partial charge in [-0.05, 0) is 115 Å². The average Bonchev–Trinajstić information content (AvgIpc) is 2.93.